The normalized spacial score (nSPS) is 16.0. The Bertz CT molecular complexity index is 1330. The fourth-order valence-electron chi connectivity index (χ4n) is 4.51. The zero-order chi connectivity index (χ0) is 23.5. The van der Waals surface area contributed by atoms with Crippen LogP contribution in [0.15, 0.2) is 79.0 Å². The largest absolute Gasteiger partial charge is 0.361 e. The minimum atomic E-state index is -0.716. The summed E-state index contributed by atoms with van der Waals surface area (Å²) in [6.07, 6.45) is 2.90. The summed E-state index contributed by atoms with van der Waals surface area (Å²) in [5.41, 5.74) is 6.19. The van der Waals surface area contributed by atoms with Crippen molar-refractivity contribution in [2.75, 3.05) is 5.32 Å². The summed E-state index contributed by atoms with van der Waals surface area (Å²) in [5.74, 6) is -0.405. The van der Waals surface area contributed by atoms with Crippen LogP contribution in [-0.4, -0.2) is 28.9 Å². The second kappa shape index (κ2) is 9.53. The smallest absolute Gasteiger partial charge is 0.247 e. The lowest BCUT2D eigenvalue weighted by atomic mass is 9.95. The highest BCUT2D eigenvalue weighted by molar-refractivity contribution is 5.98. The van der Waals surface area contributed by atoms with Crippen LogP contribution in [0.1, 0.15) is 22.3 Å². The fraction of sp³-hybridized carbons (Fsp3) is 0.214. The van der Waals surface area contributed by atoms with Crippen molar-refractivity contribution in [3.05, 3.63) is 101 Å². The van der Waals surface area contributed by atoms with Gasteiger partial charge in [-0.1, -0.05) is 60.2 Å². The van der Waals surface area contributed by atoms with E-state index in [9.17, 15) is 9.59 Å². The molecule has 0 saturated heterocycles. The first-order chi connectivity index (χ1) is 16.6. The molecule has 2 atom stereocenters. The summed E-state index contributed by atoms with van der Waals surface area (Å²) in [6, 6.07) is 22.7. The monoisotopic (exact) mass is 452 g/mol. The number of carbonyl (C=O) groups excluding carboxylic acids is 2. The highest BCUT2D eigenvalue weighted by Crippen LogP contribution is 2.21. The van der Waals surface area contributed by atoms with Gasteiger partial charge in [-0.2, -0.15) is 0 Å². The molecule has 4 N–H and O–H groups in total. The molecule has 0 radical (unpaired) electrons. The van der Waals surface area contributed by atoms with Crippen molar-refractivity contribution in [2.24, 2.45) is 0 Å². The van der Waals surface area contributed by atoms with Gasteiger partial charge in [0.25, 0.3) is 0 Å². The van der Waals surface area contributed by atoms with E-state index in [1.54, 1.807) is 0 Å². The fourth-order valence-corrected chi connectivity index (χ4v) is 4.51. The van der Waals surface area contributed by atoms with Crippen molar-refractivity contribution in [1.29, 1.82) is 0 Å². The molecule has 5 rings (SSSR count). The second-order valence-electron chi connectivity index (χ2n) is 8.89. The molecule has 0 aliphatic carbocycles. The van der Waals surface area contributed by atoms with Gasteiger partial charge in [0.05, 0.1) is 6.04 Å². The standard InChI is InChI=1S/C28H28N4O2/c1-18-10-12-22(13-11-18)31-28(34)26(15-21-17-29-24-9-5-4-8-23(21)24)32-27(33)25-14-19-6-2-3-7-20(19)16-30-25/h2-13,17,25-26,29-30H,14-16H2,1H3,(H,31,34)(H,32,33). The summed E-state index contributed by atoms with van der Waals surface area (Å²) in [4.78, 5) is 29.8. The number of nitrogens with one attached hydrogen (secondary N) is 4. The number of hydrogen-bond acceptors (Lipinski definition) is 3. The lowest BCUT2D eigenvalue weighted by Crippen LogP contribution is -2.53. The van der Waals surface area contributed by atoms with E-state index in [1.807, 2.05) is 73.8 Å². The molecular weight excluding hydrogens is 424 g/mol. The zero-order valence-corrected chi connectivity index (χ0v) is 19.1. The number of benzene rings is 3. The summed E-state index contributed by atoms with van der Waals surface area (Å²) < 4.78 is 0. The van der Waals surface area contributed by atoms with Crippen LogP contribution in [0.2, 0.25) is 0 Å². The lowest BCUT2D eigenvalue weighted by Gasteiger charge is -2.27. The van der Waals surface area contributed by atoms with E-state index in [1.165, 1.54) is 11.1 Å². The van der Waals surface area contributed by atoms with E-state index in [0.29, 0.717) is 25.1 Å². The number of para-hydroxylation sites is 1. The molecule has 172 valence electrons. The molecule has 0 spiro atoms. The Labute approximate surface area is 198 Å². The Morgan fingerprint density at radius 2 is 1.71 bits per heavy atom. The number of aromatic amines is 1. The van der Waals surface area contributed by atoms with Gasteiger partial charge < -0.3 is 20.9 Å². The van der Waals surface area contributed by atoms with Crippen LogP contribution in [0, 0.1) is 6.92 Å². The van der Waals surface area contributed by atoms with Crippen molar-refractivity contribution in [3.8, 4) is 0 Å². The first-order valence-corrected chi connectivity index (χ1v) is 11.6. The molecular formula is C28H28N4O2. The average Bonchev–Trinajstić information content (AvgIpc) is 3.27. The van der Waals surface area contributed by atoms with Crippen LogP contribution in [0.25, 0.3) is 10.9 Å². The van der Waals surface area contributed by atoms with Crippen molar-refractivity contribution < 1.29 is 9.59 Å². The molecule has 0 fully saturated rings. The number of anilines is 1. The molecule has 2 unspecified atom stereocenters. The number of fused-ring (bicyclic) bond motifs is 2. The lowest BCUT2D eigenvalue weighted by molar-refractivity contribution is -0.128. The average molecular weight is 453 g/mol. The van der Waals surface area contributed by atoms with Gasteiger partial charge in [-0.15, -0.1) is 0 Å². The Morgan fingerprint density at radius 3 is 2.53 bits per heavy atom. The third-order valence-corrected chi connectivity index (χ3v) is 6.45. The number of H-pyrrole nitrogens is 1. The number of rotatable bonds is 6. The first-order valence-electron chi connectivity index (χ1n) is 11.6. The van der Waals surface area contributed by atoms with Gasteiger partial charge in [-0.05, 0) is 48.2 Å². The number of aromatic nitrogens is 1. The summed E-state index contributed by atoms with van der Waals surface area (Å²) in [7, 11) is 0. The maximum absolute atomic E-state index is 13.3. The van der Waals surface area contributed by atoms with Gasteiger partial charge in [0.2, 0.25) is 11.8 Å². The van der Waals surface area contributed by atoms with E-state index in [0.717, 1.165) is 22.0 Å². The Hall–Kier alpha value is -3.90. The maximum atomic E-state index is 13.3. The molecule has 0 saturated carbocycles. The van der Waals surface area contributed by atoms with Crippen molar-refractivity contribution in [1.82, 2.24) is 15.6 Å². The summed E-state index contributed by atoms with van der Waals surface area (Å²) in [5, 5.41) is 10.4. The molecule has 6 nitrogen and oxygen atoms in total. The Morgan fingerprint density at radius 1 is 0.971 bits per heavy atom. The molecule has 1 aromatic heterocycles. The third kappa shape index (κ3) is 4.72. The van der Waals surface area contributed by atoms with Gasteiger partial charge in [-0.3, -0.25) is 9.59 Å². The quantitative estimate of drug-likeness (QED) is 0.358. The van der Waals surface area contributed by atoms with Gasteiger partial charge in [-0.25, -0.2) is 0 Å². The minimum absolute atomic E-state index is 0.168. The van der Waals surface area contributed by atoms with Gasteiger partial charge in [0.15, 0.2) is 0 Å². The predicted octanol–water partition coefficient (Wildman–Crippen LogP) is 3.86. The predicted molar refractivity (Wildman–Crippen MR) is 135 cm³/mol. The molecule has 2 heterocycles. The van der Waals surface area contributed by atoms with Gasteiger partial charge >= 0.3 is 0 Å². The highest BCUT2D eigenvalue weighted by atomic mass is 16.2. The van der Waals surface area contributed by atoms with Crippen LogP contribution in [0.5, 0.6) is 0 Å². The third-order valence-electron chi connectivity index (χ3n) is 6.45. The molecule has 0 bridgehead atoms. The van der Waals surface area contributed by atoms with Crippen LogP contribution in [0.4, 0.5) is 5.69 Å². The van der Waals surface area contributed by atoms with Crippen LogP contribution in [0.3, 0.4) is 0 Å². The molecule has 4 aromatic rings. The van der Waals surface area contributed by atoms with E-state index in [-0.39, 0.29) is 17.9 Å². The highest BCUT2D eigenvalue weighted by Gasteiger charge is 2.29. The minimum Gasteiger partial charge on any atom is -0.361 e. The van der Waals surface area contributed by atoms with Gasteiger partial charge in [0.1, 0.15) is 6.04 Å². The molecule has 2 amide bonds. The molecule has 3 aromatic carbocycles. The Balaban J connectivity index is 1.36. The number of aryl methyl sites for hydroxylation is 1. The summed E-state index contributed by atoms with van der Waals surface area (Å²) in [6.45, 7) is 2.64. The van der Waals surface area contributed by atoms with E-state index < -0.39 is 6.04 Å². The SMILES string of the molecule is Cc1ccc(NC(=O)C(Cc2c[nH]c3ccccc23)NC(=O)C2Cc3ccccc3CN2)cc1. The zero-order valence-electron chi connectivity index (χ0n) is 19.1. The number of carbonyl (C=O) groups is 2. The van der Waals surface area contributed by atoms with Crippen LogP contribution in [-0.2, 0) is 29.0 Å². The van der Waals surface area contributed by atoms with Gasteiger partial charge in [0, 0.05) is 35.8 Å². The Kier molecular flexibility index (Phi) is 6.14. The van der Waals surface area contributed by atoms with E-state index in [2.05, 4.69) is 33.1 Å². The maximum Gasteiger partial charge on any atom is 0.247 e. The van der Waals surface area contributed by atoms with Crippen LogP contribution >= 0.6 is 0 Å². The second-order valence-corrected chi connectivity index (χ2v) is 8.89. The number of hydrogen-bond donors (Lipinski definition) is 4. The molecule has 6 heteroatoms. The molecule has 1 aliphatic heterocycles. The first kappa shape index (κ1) is 21.9. The van der Waals surface area contributed by atoms with E-state index >= 15 is 0 Å². The number of amides is 2. The topological polar surface area (TPSA) is 86.0 Å². The van der Waals surface area contributed by atoms with Crippen LogP contribution < -0.4 is 16.0 Å². The van der Waals surface area contributed by atoms with Crippen molar-refractivity contribution in [3.63, 3.8) is 0 Å². The van der Waals surface area contributed by atoms with E-state index in [4.69, 9.17) is 0 Å². The van der Waals surface area contributed by atoms with Crippen molar-refractivity contribution >= 4 is 28.4 Å². The van der Waals surface area contributed by atoms with Crippen molar-refractivity contribution in [2.45, 2.75) is 38.4 Å². The molecule has 34 heavy (non-hydrogen) atoms. The summed E-state index contributed by atoms with van der Waals surface area (Å²) >= 11 is 0. The molecule has 1 aliphatic rings.